The van der Waals surface area contributed by atoms with E-state index in [1.807, 2.05) is 6.20 Å². The predicted octanol–water partition coefficient (Wildman–Crippen LogP) is 6.11. The third-order valence-corrected chi connectivity index (χ3v) is 5.95. The largest absolute Gasteiger partial charge is 0.337 e. The predicted molar refractivity (Wildman–Crippen MR) is 112 cm³/mol. The SMILES string of the molecule is C=CN(Cc1ccc(CC)cc1)c1c(CC2CCCC(C)C2)ccn1C. The van der Waals surface area contributed by atoms with Crippen molar-refractivity contribution in [2.24, 2.45) is 18.9 Å². The van der Waals surface area contributed by atoms with Gasteiger partial charge in [0.2, 0.25) is 0 Å². The zero-order chi connectivity index (χ0) is 18.5. The summed E-state index contributed by atoms with van der Waals surface area (Å²) in [6, 6.07) is 11.3. The van der Waals surface area contributed by atoms with Crippen molar-refractivity contribution in [2.45, 2.75) is 58.9 Å². The lowest BCUT2D eigenvalue weighted by Crippen LogP contribution is -2.21. The van der Waals surface area contributed by atoms with Gasteiger partial charge in [0.15, 0.2) is 0 Å². The fourth-order valence-electron chi connectivity index (χ4n) is 4.48. The van der Waals surface area contributed by atoms with E-state index < -0.39 is 0 Å². The van der Waals surface area contributed by atoms with Crippen molar-refractivity contribution in [3.8, 4) is 0 Å². The second kappa shape index (κ2) is 8.62. The summed E-state index contributed by atoms with van der Waals surface area (Å²) in [6.07, 6.45) is 12.0. The van der Waals surface area contributed by atoms with Gasteiger partial charge in [0.25, 0.3) is 0 Å². The van der Waals surface area contributed by atoms with Crippen LogP contribution in [0, 0.1) is 11.8 Å². The van der Waals surface area contributed by atoms with Crippen LogP contribution < -0.4 is 4.90 Å². The third kappa shape index (κ3) is 4.41. The zero-order valence-electron chi connectivity index (χ0n) is 16.7. The van der Waals surface area contributed by atoms with Gasteiger partial charge in [-0.15, -0.1) is 0 Å². The molecule has 1 aromatic heterocycles. The molecule has 2 unspecified atom stereocenters. The number of hydrogen-bond donors (Lipinski definition) is 0. The van der Waals surface area contributed by atoms with Gasteiger partial charge in [-0.05, 0) is 60.1 Å². The molecule has 0 aliphatic heterocycles. The summed E-state index contributed by atoms with van der Waals surface area (Å²) in [6.45, 7) is 9.59. The van der Waals surface area contributed by atoms with Gasteiger partial charge in [-0.1, -0.05) is 64.0 Å². The number of nitrogens with zero attached hydrogens (tertiary/aromatic N) is 2. The van der Waals surface area contributed by atoms with Crippen LogP contribution in [-0.2, 0) is 26.4 Å². The zero-order valence-corrected chi connectivity index (χ0v) is 16.7. The van der Waals surface area contributed by atoms with Crippen LogP contribution in [0.15, 0.2) is 49.3 Å². The van der Waals surface area contributed by atoms with Gasteiger partial charge in [-0.25, -0.2) is 0 Å². The summed E-state index contributed by atoms with van der Waals surface area (Å²) >= 11 is 0. The van der Waals surface area contributed by atoms with E-state index >= 15 is 0 Å². The number of hydrogen-bond acceptors (Lipinski definition) is 1. The Morgan fingerprint density at radius 3 is 2.54 bits per heavy atom. The molecular formula is C24H34N2. The van der Waals surface area contributed by atoms with Gasteiger partial charge < -0.3 is 9.47 Å². The van der Waals surface area contributed by atoms with Crippen LogP contribution in [0.1, 0.15) is 56.2 Å². The fourth-order valence-corrected chi connectivity index (χ4v) is 4.48. The maximum atomic E-state index is 4.10. The Hall–Kier alpha value is -1.96. The Bertz CT molecular complexity index is 710. The highest BCUT2D eigenvalue weighted by atomic mass is 15.2. The lowest BCUT2D eigenvalue weighted by atomic mass is 9.79. The number of rotatable bonds is 7. The Labute approximate surface area is 159 Å². The van der Waals surface area contributed by atoms with Gasteiger partial charge in [0, 0.05) is 19.8 Å². The summed E-state index contributed by atoms with van der Waals surface area (Å²) < 4.78 is 2.25. The van der Waals surface area contributed by atoms with Gasteiger partial charge in [0.05, 0.1) is 0 Å². The average molecular weight is 351 g/mol. The maximum Gasteiger partial charge on any atom is 0.115 e. The number of anilines is 1. The summed E-state index contributed by atoms with van der Waals surface area (Å²) in [5.41, 5.74) is 4.20. The molecule has 140 valence electrons. The molecule has 2 atom stereocenters. The summed E-state index contributed by atoms with van der Waals surface area (Å²) in [4.78, 5) is 2.31. The van der Waals surface area contributed by atoms with Crippen LogP contribution in [0.3, 0.4) is 0 Å². The number of aromatic nitrogens is 1. The van der Waals surface area contributed by atoms with Gasteiger partial charge in [-0.2, -0.15) is 0 Å². The standard InChI is InChI=1S/C24H34N2/c1-5-20-10-12-21(13-11-20)18-26(6-2)24-23(14-15-25(24)4)17-22-9-7-8-19(3)16-22/h6,10-15,19,22H,2,5,7-9,16-18H2,1,3-4H3. The minimum atomic E-state index is 0.829. The molecule has 0 amide bonds. The molecule has 0 bridgehead atoms. The summed E-state index contributed by atoms with van der Waals surface area (Å²) in [5.74, 6) is 3.02. The van der Waals surface area contributed by atoms with E-state index in [0.717, 1.165) is 24.8 Å². The van der Waals surface area contributed by atoms with E-state index in [-0.39, 0.29) is 0 Å². The molecule has 1 aliphatic rings. The Morgan fingerprint density at radius 2 is 1.88 bits per heavy atom. The Morgan fingerprint density at radius 1 is 1.15 bits per heavy atom. The molecule has 1 aromatic carbocycles. The quantitative estimate of drug-likeness (QED) is 0.585. The van der Waals surface area contributed by atoms with Crippen molar-refractivity contribution < 1.29 is 0 Å². The second-order valence-electron chi connectivity index (χ2n) is 8.10. The monoisotopic (exact) mass is 350 g/mol. The molecule has 1 fully saturated rings. The molecule has 3 rings (SSSR count). The molecule has 1 heterocycles. The molecule has 1 saturated carbocycles. The third-order valence-electron chi connectivity index (χ3n) is 5.95. The van der Waals surface area contributed by atoms with Crippen LogP contribution in [0.4, 0.5) is 5.82 Å². The lowest BCUT2D eigenvalue weighted by molar-refractivity contribution is 0.281. The smallest absolute Gasteiger partial charge is 0.115 e. The normalized spacial score (nSPS) is 20.1. The van der Waals surface area contributed by atoms with Crippen molar-refractivity contribution in [1.82, 2.24) is 4.57 Å². The average Bonchev–Trinajstić information content (AvgIpc) is 3.00. The van der Waals surface area contributed by atoms with Crippen molar-refractivity contribution in [3.63, 3.8) is 0 Å². The van der Waals surface area contributed by atoms with Gasteiger partial charge in [-0.3, -0.25) is 0 Å². The number of benzene rings is 1. The highest BCUT2D eigenvalue weighted by Crippen LogP contribution is 2.34. The number of aryl methyl sites for hydroxylation is 2. The first kappa shape index (κ1) is 18.8. The topological polar surface area (TPSA) is 8.17 Å². The summed E-state index contributed by atoms with van der Waals surface area (Å²) in [5, 5.41) is 0. The van der Waals surface area contributed by atoms with Crippen molar-refractivity contribution in [3.05, 3.63) is 66.0 Å². The van der Waals surface area contributed by atoms with Crippen LogP contribution >= 0.6 is 0 Å². The van der Waals surface area contributed by atoms with E-state index in [1.54, 1.807) is 0 Å². The Kier molecular flexibility index (Phi) is 6.24. The summed E-state index contributed by atoms with van der Waals surface area (Å²) in [7, 11) is 2.15. The molecule has 2 nitrogen and oxygen atoms in total. The molecule has 26 heavy (non-hydrogen) atoms. The van der Waals surface area contributed by atoms with Gasteiger partial charge in [0.1, 0.15) is 5.82 Å². The van der Waals surface area contributed by atoms with E-state index in [1.165, 1.54) is 54.6 Å². The molecular weight excluding hydrogens is 316 g/mol. The first-order valence-electron chi connectivity index (χ1n) is 10.2. The van der Waals surface area contributed by atoms with Crippen molar-refractivity contribution in [1.29, 1.82) is 0 Å². The minimum absolute atomic E-state index is 0.829. The van der Waals surface area contributed by atoms with Crippen LogP contribution in [-0.4, -0.2) is 4.57 Å². The lowest BCUT2D eigenvalue weighted by Gasteiger charge is -2.28. The molecule has 0 N–H and O–H groups in total. The highest BCUT2D eigenvalue weighted by Gasteiger charge is 2.22. The van der Waals surface area contributed by atoms with Crippen molar-refractivity contribution >= 4 is 5.82 Å². The van der Waals surface area contributed by atoms with Gasteiger partial charge >= 0.3 is 0 Å². The van der Waals surface area contributed by atoms with E-state index in [9.17, 15) is 0 Å². The van der Waals surface area contributed by atoms with Crippen LogP contribution in [0.2, 0.25) is 0 Å². The molecule has 0 saturated heterocycles. The maximum absolute atomic E-state index is 4.10. The molecule has 2 heteroatoms. The van der Waals surface area contributed by atoms with Crippen LogP contribution in [0.25, 0.3) is 0 Å². The first-order valence-corrected chi connectivity index (χ1v) is 10.2. The Balaban J connectivity index is 1.77. The van der Waals surface area contributed by atoms with E-state index in [0.29, 0.717) is 0 Å². The highest BCUT2D eigenvalue weighted by molar-refractivity contribution is 5.52. The van der Waals surface area contributed by atoms with Crippen molar-refractivity contribution in [2.75, 3.05) is 4.90 Å². The van der Waals surface area contributed by atoms with Crippen LogP contribution in [0.5, 0.6) is 0 Å². The molecule has 1 aliphatic carbocycles. The minimum Gasteiger partial charge on any atom is -0.337 e. The molecule has 0 radical (unpaired) electrons. The molecule has 0 spiro atoms. The first-order chi connectivity index (χ1) is 12.6. The fraction of sp³-hybridized carbons (Fsp3) is 0.500. The van der Waals surface area contributed by atoms with E-state index in [2.05, 4.69) is 73.5 Å². The molecule has 2 aromatic rings. The second-order valence-corrected chi connectivity index (χ2v) is 8.10. The van der Waals surface area contributed by atoms with E-state index in [4.69, 9.17) is 0 Å².